The zero-order chi connectivity index (χ0) is 13.1. The van der Waals surface area contributed by atoms with Crippen molar-refractivity contribution in [3.8, 4) is 5.75 Å². The van der Waals surface area contributed by atoms with Crippen LogP contribution in [0.25, 0.3) is 0 Å². The second-order valence-electron chi connectivity index (χ2n) is 4.69. The predicted octanol–water partition coefficient (Wildman–Crippen LogP) is 2.20. The summed E-state index contributed by atoms with van der Waals surface area (Å²) in [7, 11) is 0. The molecule has 5 heteroatoms. The maximum atomic E-state index is 13.4. The van der Waals surface area contributed by atoms with Crippen LogP contribution in [0.4, 0.5) is 9.18 Å². The Hall–Kier alpha value is -1.62. The number of nitrogens with one attached hydrogen (secondary N) is 1. The lowest BCUT2D eigenvalue weighted by Gasteiger charge is -2.19. The van der Waals surface area contributed by atoms with Crippen LogP contribution in [0.2, 0.25) is 0 Å². The fourth-order valence-corrected chi connectivity index (χ4v) is 1.16. The standard InChI is InChI=1S/C12H16FNO3/c1-12(2,3)14-11(16)17-10-5-4-8(7-15)6-9(10)13/h4-6,15H,7H2,1-3H3,(H,14,16). The van der Waals surface area contributed by atoms with Crippen molar-refractivity contribution in [1.82, 2.24) is 5.32 Å². The van der Waals surface area contributed by atoms with Crippen molar-refractivity contribution in [1.29, 1.82) is 0 Å². The molecule has 1 aromatic carbocycles. The number of carbonyl (C=O) groups excluding carboxylic acids is 1. The van der Waals surface area contributed by atoms with E-state index in [0.717, 1.165) is 6.07 Å². The molecule has 0 saturated heterocycles. The van der Waals surface area contributed by atoms with Crippen molar-refractivity contribution < 1.29 is 19.0 Å². The molecule has 0 fully saturated rings. The third-order valence-electron chi connectivity index (χ3n) is 1.86. The summed E-state index contributed by atoms with van der Waals surface area (Å²) in [6, 6.07) is 3.92. The Morgan fingerprint density at radius 1 is 1.47 bits per heavy atom. The van der Waals surface area contributed by atoms with Gasteiger partial charge in [-0.05, 0) is 38.5 Å². The van der Waals surface area contributed by atoms with Gasteiger partial charge in [0.15, 0.2) is 11.6 Å². The average Bonchev–Trinajstić information content (AvgIpc) is 2.18. The van der Waals surface area contributed by atoms with Gasteiger partial charge in [0.2, 0.25) is 0 Å². The topological polar surface area (TPSA) is 58.6 Å². The summed E-state index contributed by atoms with van der Waals surface area (Å²) in [4.78, 5) is 11.4. The maximum Gasteiger partial charge on any atom is 0.413 e. The van der Waals surface area contributed by atoms with E-state index in [1.807, 2.05) is 0 Å². The predicted molar refractivity (Wildman–Crippen MR) is 61.2 cm³/mol. The van der Waals surface area contributed by atoms with Gasteiger partial charge >= 0.3 is 6.09 Å². The molecule has 94 valence electrons. The Bertz CT molecular complexity index is 413. The van der Waals surface area contributed by atoms with Crippen LogP contribution in [-0.2, 0) is 6.61 Å². The Morgan fingerprint density at radius 3 is 2.59 bits per heavy atom. The third kappa shape index (κ3) is 4.40. The number of amides is 1. The minimum atomic E-state index is -0.715. The first kappa shape index (κ1) is 13.4. The molecule has 4 nitrogen and oxygen atoms in total. The van der Waals surface area contributed by atoms with Gasteiger partial charge in [0.25, 0.3) is 0 Å². The van der Waals surface area contributed by atoms with Crippen LogP contribution in [-0.4, -0.2) is 16.7 Å². The fraction of sp³-hybridized carbons (Fsp3) is 0.417. The molecule has 2 N–H and O–H groups in total. The van der Waals surface area contributed by atoms with E-state index in [2.05, 4.69) is 5.32 Å². The molecule has 1 rings (SSSR count). The summed E-state index contributed by atoms with van der Waals surface area (Å²) >= 11 is 0. The fourth-order valence-electron chi connectivity index (χ4n) is 1.16. The smallest absolute Gasteiger partial charge is 0.407 e. The first-order valence-electron chi connectivity index (χ1n) is 5.21. The van der Waals surface area contributed by atoms with Crippen LogP contribution >= 0.6 is 0 Å². The number of benzene rings is 1. The number of hydrogen-bond donors (Lipinski definition) is 2. The van der Waals surface area contributed by atoms with E-state index in [4.69, 9.17) is 9.84 Å². The van der Waals surface area contributed by atoms with E-state index in [9.17, 15) is 9.18 Å². The van der Waals surface area contributed by atoms with E-state index >= 15 is 0 Å². The Balaban J connectivity index is 2.72. The van der Waals surface area contributed by atoms with Crippen LogP contribution < -0.4 is 10.1 Å². The highest BCUT2D eigenvalue weighted by atomic mass is 19.1. The van der Waals surface area contributed by atoms with Crippen molar-refractivity contribution in [3.63, 3.8) is 0 Å². The third-order valence-corrected chi connectivity index (χ3v) is 1.86. The summed E-state index contributed by atoms with van der Waals surface area (Å²) in [5.41, 5.74) is -0.0235. The molecular formula is C12H16FNO3. The van der Waals surface area contributed by atoms with Gasteiger partial charge in [-0.1, -0.05) is 6.07 Å². The second kappa shape index (κ2) is 5.14. The summed E-state index contributed by atoms with van der Waals surface area (Å²) in [5, 5.41) is 11.3. The van der Waals surface area contributed by atoms with Gasteiger partial charge in [-0.3, -0.25) is 0 Å². The molecule has 0 bridgehead atoms. The van der Waals surface area contributed by atoms with Gasteiger partial charge in [-0.25, -0.2) is 9.18 Å². The van der Waals surface area contributed by atoms with E-state index in [-0.39, 0.29) is 12.4 Å². The van der Waals surface area contributed by atoms with Gasteiger partial charge in [-0.2, -0.15) is 0 Å². The lowest BCUT2D eigenvalue weighted by atomic mass is 10.1. The summed E-state index contributed by atoms with van der Waals surface area (Å²) < 4.78 is 18.2. The van der Waals surface area contributed by atoms with E-state index in [1.54, 1.807) is 20.8 Å². The van der Waals surface area contributed by atoms with Crippen molar-refractivity contribution in [2.75, 3.05) is 0 Å². The monoisotopic (exact) mass is 241 g/mol. The number of hydrogen-bond acceptors (Lipinski definition) is 3. The molecule has 0 radical (unpaired) electrons. The molecule has 0 heterocycles. The van der Waals surface area contributed by atoms with Crippen molar-refractivity contribution in [2.24, 2.45) is 0 Å². The number of aliphatic hydroxyl groups excluding tert-OH is 1. The zero-order valence-electron chi connectivity index (χ0n) is 10.1. The second-order valence-corrected chi connectivity index (χ2v) is 4.69. The quantitative estimate of drug-likeness (QED) is 0.834. The molecule has 0 unspecified atom stereocenters. The van der Waals surface area contributed by atoms with Crippen molar-refractivity contribution in [2.45, 2.75) is 32.9 Å². The SMILES string of the molecule is CC(C)(C)NC(=O)Oc1ccc(CO)cc1F. The van der Waals surface area contributed by atoms with E-state index in [0.29, 0.717) is 5.56 Å². The van der Waals surface area contributed by atoms with Gasteiger partial charge in [0, 0.05) is 5.54 Å². The zero-order valence-corrected chi connectivity index (χ0v) is 10.1. The molecule has 0 aliphatic rings. The highest BCUT2D eigenvalue weighted by molar-refractivity contribution is 5.71. The Morgan fingerprint density at radius 2 is 2.12 bits per heavy atom. The van der Waals surface area contributed by atoms with Gasteiger partial charge in [0.05, 0.1) is 6.61 Å². The first-order chi connectivity index (χ1) is 7.81. The summed E-state index contributed by atoms with van der Waals surface area (Å²) in [5.74, 6) is -0.843. The van der Waals surface area contributed by atoms with Gasteiger partial charge in [0.1, 0.15) is 0 Å². The molecule has 17 heavy (non-hydrogen) atoms. The maximum absolute atomic E-state index is 13.4. The minimum absolute atomic E-state index is 0.163. The number of ether oxygens (including phenoxy) is 1. The number of aliphatic hydroxyl groups is 1. The lowest BCUT2D eigenvalue weighted by molar-refractivity contribution is 0.188. The van der Waals surface area contributed by atoms with E-state index in [1.165, 1.54) is 12.1 Å². The molecule has 1 aromatic rings. The minimum Gasteiger partial charge on any atom is -0.407 e. The van der Waals surface area contributed by atoms with E-state index < -0.39 is 17.4 Å². The first-order valence-corrected chi connectivity index (χ1v) is 5.21. The Labute approximate surface area is 99.4 Å². The number of carbonyl (C=O) groups is 1. The molecule has 0 aliphatic carbocycles. The van der Waals surface area contributed by atoms with Crippen LogP contribution in [0.1, 0.15) is 26.3 Å². The summed E-state index contributed by atoms with van der Waals surface area (Å²) in [6.07, 6.45) is -0.715. The van der Waals surface area contributed by atoms with Crippen LogP contribution in [0.15, 0.2) is 18.2 Å². The Kier molecular flexibility index (Phi) is 4.07. The lowest BCUT2D eigenvalue weighted by Crippen LogP contribution is -2.42. The van der Waals surface area contributed by atoms with Gasteiger partial charge < -0.3 is 15.2 Å². The van der Waals surface area contributed by atoms with Gasteiger partial charge in [-0.15, -0.1) is 0 Å². The normalized spacial score (nSPS) is 11.1. The highest BCUT2D eigenvalue weighted by Gasteiger charge is 2.16. The van der Waals surface area contributed by atoms with Crippen molar-refractivity contribution >= 4 is 6.09 Å². The average molecular weight is 241 g/mol. The molecular weight excluding hydrogens is 225 g/mol. The number of rotatable bonds is 2. The molecule has 0 aromatic heterocycles. The van der Waals surface area contributed by atoms with Crippen LogP contribution in [0, 0.1) is 5.82 Å². The van der Waals surface area contributed by atoms with Crippen LogP contribution in [0.5, 0.6) is 5.75 Å². The largest absolute Gasteiger partial charge is 0.413 e. The molecule has 0 atom stereocenters. The summed E-state index contributed by atoms with van der Waals surface area (Å²) in [6.45, 7) is 5.11. The van der Waals surface area contributed by atoms with Crippen molar-refractivity contribution in [3.05, 3.63) is 29.6 Å². The molecule has 0 aliphatic heterocycles. The highest BCUT2D eigenvalue weighted by Crippen LogP contribution is 2.18. The molecule has 0 spiro atoms. The number of halogens is 1. The molecule has 1 amide bonds. The van der Waals surface area contributed by atoms with Crippen LogP contribution in [0.3, 0.4) is 0 Å². The molecule has 0 saturated carbocycles.